The van der Waals surface area contributed by atoms with E-state index in [-0.39, 0.29) is 5.91 Å². The molecular formula is C20H20N4O. The number of carbonyl (C=O) groups is 1. The third kappa shape index (κ3) is 3.45. The number of hydrogen-bond donors (Lipinski definition) is 1. The molecule has 5 nitrogen and oxygen atoms in total. The van der Waals surface area contributed by atoms with E-state index in [9.17, 15) is 4.79 Å². The van der Waals surface area contributed by atoms with Gasteiger partial charge in [-0.3, -0.25) is 4.79 Å². The summed E-state index contributed by atoms with van der Waals surface area (Å²) in [5.74, 6) is 0.846. The van der Waals surface area contributed by atoms with Crippen LogP contribution in [0.3, 0.4) is 0 Å². The molecule has 4 rings (SSSR count). The third-order valence-corrected chi connectivity index (χ3v) is 4.52. The van der Waals surface area contributed by atoms with Crippen molar-refractivity contribution in [3.05, 3.63) is 66.0 Å². The third-order valence-electron chi connectivity index (χ3n) is 4.52. The summed E-state index contributed by atoms with van der Waals surface area (Å²) in [5, 5.41) is 3.94. The zero-order valence-electron chi connectivity index (χ0n) is 14.0. The molecule has 1 aliphatic heterocycles. The normalized spacial score (nSPS) is 14.0. The van der Waals surface area contributed by atoms with Gasteiger partial charge in [0.15, 0.2) is 0 Å². The van der Waals surface area contributed by atoms with Gasteiger partial charge in [0.05, 0.1) is 5.52 Å². The van der Waals surface area contributed by atoms with Crippen molar-refractivity contribution in [2.75, 3.05) is 18.0 Å². The summed E-state index contributed by atoms with van der Waals surface area (Å²) < 4.78 is 0. The van der Waals surface area contributed by atoms with E-state index in [0.717, 1.165) is 35.4 Å². The number of benzene rings is 1. The van der Waals surface area contributed by atoms with Gasteiger partial charge in [0.1, 0.15) is 11.5 Å². The Bertz CT molecular complexity index is 886. The Morgan fingerprint density at radius 1 is 1.04 bits per heavy atom. The van der Waals surface area contributed by atoms with Crippen LogP contribution in [0, 0.1) is 0 Å². The number of nitrogens with zero attached hydrogens (tertiary/aromatic N) is 3. The highest BCUT2D eigenvalue weighted by Gasteiger charge is 2.13. The Morgan fingerprint density at radius 3 is 2.68 bits per heavy atom. The molecule has 1 amide bonds. The van der Waals surface area contributed by atoms with Crippen LogP contribution in [0.5, 0.6) is 0 Å². The molecule has 1 saturated heterocycles. The maximum atomic E-state index is 12.3. The highest BCUT2D eigenvalue weighted by Crippen LogP contribution is 2.17. The van der Waals surface area contributed by atoms with Gasteiger partial charge in [-0.15, -0.1) is 0 Å². The number of amides is 1. The predicted octanol–water partition coefficient (Wildman–Crippen LogP) is 3.16. The molecule has 5 heteroatoms. The van der Waals surface area contributed by atoms with Crippen LogP contribution in [-0.4, -0.2) is 29.0 Å². The molecule has 1 aliphatic rings. The van der Waals surface area contributed by atoms with Crippen molar-refractivity contribution in [3.63, 3.8) is 0 Å². The minimum absolute atomic E-state index is 0.172. The first-order valence-electron chi connectivity index (χ1n) is 8.63. The number of pyridine rings is 2. The largest absolute Gasteiger partial charge is 0.357 e. The van der Waals surface area contributed by atoms with Gasteiger partial charge in [0, 0.05) is 31.2 Å². The fourth-order valence-corrected chi connectivity index (χ4v) is 3.12. The standard InChI is InChI=1S/C20H20N4O/c25-20(18-9-8-16-5-1-2-6-17(16)23-18)22-14-15-7-10-19(21-13-15)24-11-3-4-12-24/h1-2,5-10,13H,3-4,11-12,14H2,(H,22,25). The van der Waals surface area contributed by atoms with E-state index in [1.165, 1.54) is 12.8 Å². The summed E-state index contributed by atoms with van der Waals surface area (Å²) in [5.41, 5.74) is 2.24. The fraction of sp³-hybridized carbons (Fsp3) is 0.250. The van der Waals surface area contributed by atoms with Gasteiger partial charge < -0.3 is 10.2 Å². The lowest BCUT2D eigenvalue weighted by molar-refractivity contribution is 0.0946. The molecule has 3 aromatic rings. The maximum absolute atomic E-state index is 12.3. The van der Waals surface area contributed by atoms with Crippen LogP contribution in [-0.2, 0) is 6.54 Å². The van der Waals surface area contributed by atoms with Crippen molar-refractivity contribution in [3.8, 4) is 0 Å². The first-order valence-corrected chi connectivity index (χ1v) is 8.63. The van der Waals surface area contributed by atoms with Crippen LogP contribution in [0.15, 0.2) is 54.7 Å². The fourth-order valence-electron chi connectivity index (χ4n) is 3.12. The average Bonchev–Trinajstić information content (AvgIpc) is 3.21. The molecule has 126 valence electrons. The zero-order chi connectivity index (χ0) is 17.1. The summed E-state index contributed by atoms with van der Waals surface area (Å²) in [6, 6.07) is 15.5. The Morgan fingerprint density at radius 2 is 1.88 bits per heavy atom. The number of anilines is 1. The van der Waals surface area contributed by atoms with E-state index < -0.39 is 0 Å². The van der Waals surface area contributed by atoms with Gasteiger partial charge in [-0.05, 0) is 36.6 Å². The second kappa shape index (κ2) is 6.89. The summed E-state index contributed by atoms with van der Waals surface area (Å²) in [6.07, 6.45) is 4.30. The SMILES string of the molecule is O=C(NCc1ccc(N2CCCC2)nc1)c1ccc2ccccc2n1. The second-order valence-corrected chi connectivity index (χ2v) is 6.29. The molecule has 0 spiro atoms. The van der Waals surface area contributed by atoms with Crippen molar-refractivity contribution in [1.29, 1.82) is 0 Å². The molecule has 0 saturated carbocycles. The number of fused-ring (bicyclic) bond motifs is 1. The average molecular weight is 332 g/mol. The summed E-state index contributed by atoms with van der Waals surface area (Å²) in [4.78, 5) is 23.6. The molecule has 1 fully saturated rings. The van der Waals surface area contributed by atoms with Gasteiger partial charge >= 0.3 is 0 Å². The highest BCUT2D eigenvalue weighted by molar-refractivity contribution is 5.94. The van der Waals surface area contributed by atoms with E-state index in [4.69, 9.17) is 0 Å². The first kappa shape index (κ1) is 15.6. The first-order chi connectivity index (χ1) is 12.3. The molecule has 2 aromatic heterocycles. The molecule has 0 unspecified atom stereocenters. The lowest BCUT2D eigenvalue weighted by Crippen LogP contribution is -2.24. The van der Waals surface area contributed by atoms with Crippen molar-refractivity contribution in [2.24, 2.45) is 0 Å². The molecule has 0 aliphatic carbocycles. The molecule has 3 heterocycles. The van der Waals surface area contributed by atoms with Crippen LogP contribution in [0.4, 0.5) is 5.82 Å². The van der Waals surface area contributed by atoms with Gasteiger partial charge in [0.25, 0.3) is 5.91 Å². The number of hydrogen-bond acceptors (Lipinski definition) is 4. The van der Waals surface area contributed by atoms with Crippen LogP contribution in [0.1, 0.15) is 28.9 Å². The van der Waals surface area contributed by atoms with Crippen LogP contribution in [0.2, 0.25) is 0 Å². The number of carbonyl (C=O) groups excluding carboxylic acids is 1. The number of nitrogens with one attached hydrogen (secondary N) is 1. The molecule has 1 N–H and O–H groups in total. The topological polar surface area (TPSA) is 58.1 Å². The van der Waals surface area contributed by atoms with Gasteiger partial charge in [-0.2, -0.15) is 0 Å². The lowest BCUT2D eigenvalue weighted by atomic mass is 10.2. The van der Waals surface area contributed by atoms with Crippen molar-refractivity contribution < 1.29 is 4.79 Å². The molecular weight excluding hydrogens is 312 g/mol. The Kier molecular flexibility index (Phi) is 4.29. The zero-order valence-corrected chi connectivity index (χ0v) is 14.0. The lowest BCUT2D eigenvalue weighted by Gasteiger charge is -2.16. The van der Waals surface area contributed by atoms with E-state index >= 15 is 0 Å². The van der Waals surface area contributed by atoms with Crippen LogP contribution in [0.25, 0.3) is 10.9 Å². The molecule has 1 aromatic carbocycles. The quantitative estimate of drug-likeness (QED) is 0.797. The molecule has 0 bridgehead atoms. The Hall–Kier alpha value is -2.95. The summed E-state index contributed by atoms with van der Waals surface area (Å²) >= 11 is 0. The van der Waals surface area contributed by atoms with Gasteiger partial charge in [0.2, 0.25) is 0 Å². The number of rotatable bonds is 4. The highest BCUT2D eigenvalue weighted by atomic mass is 16.1. The van der Waals surface area contributed by atoms with Gasteiger partial charge in [-0.1, -0.05) is 30.3 Å². The van der Waals surface area contributed by atoms with Crippen molar-refractivity contribution in [1.82, 2.24) is 15.3 Å². The van der Waals surface area contributed by atoms with Crippen LogP contribution < -0.4 is 10.2 Å². The predicted molar refractivity (Wildman–Crippen MR) is 98.6 cm³/mol. The minimum atomic E-state index is -0.172. The van der Waals surface area contributed by atoms with Crippen molar-refractivity contribution >= 4 is 22.6 Å². The van der Waals surface area contributed by atoms with E-state index in [0.29, 0.717) is 12.2 Å². The maximum Gasteiger partial charge on any atom is 0.270 e. The van der Waals surface area contributed by atoms with E-state index in [1.54, 1.807) is 6.07 Å². The van der Waals surface area contributed by atoms with E-state index in [2.05, 4.69) is 20.2 Å². The summed E-state index contributed by atoms with van der Waals surface area (Å²) in [7, 11) is 0. The smallest absolute Gasteiger partial charge is 0.270 e. The monoisotopic (exact) mass is 332 g/mol. The Labute approximate surface area is 146 Å². The molecule has 0 atom stereocenters. The minimum Gasteiger partial charge on any atom is -0.357 e. The van der Waals surface area contributed by atoms with Gasteiger partial charge in [-0.25, -0.2) is 9.97 Å². The summed E-state index contributed by atoms with van der Waals surface area (Å²) in [6.45, 7) is 2.61. The second-order valence-electron chi connectivity index (χ2n) is 6.29. The Balaban J connectivity index is 1.40. The molecule has 0 radical (unpaired) electrons. The number of aromatic nitrogens is 2. The number of para-hydroxylation sites is 1. The molecule has 25 heavy (non-hydrogen) atoms. The van der Waals surface area contributed by atoms with Crippen molar-refractivity contribution in [2.45, 2.75) is 19.4 Å². The van der Waals surface area contributed by atoms with E-state index in [1.807, 2.05) is 48.7 Å². The van der Waals surface area contributed by atoms with Crippen LogP contribution >= 0.6 is 0 Å².